The highest BCUT2D eigenvalue weighted by Gasteiger charge is 2.08. The Hall–Kier alpha value is -1.73. The molecule has 0 aliphatic carbocycles. The first kappa shape index (κ1) is 21.3. The molecule has 0 unspecified atom stereocenters. The van der Waals surface area contributed by atoms with Crippen LogP contribution in [-0.2, 0) is 10.1 Å². The largest absolute Gasteiger partial charge is 0.381 e. The van der Waals surface area contributed by atoms with Crippen LogP contribution < -0.4 is 5.73 Å². The lowest BCUT2D eigenvalue weighted by atomic mass is 10.2. The van der Waals surface area contributed by atoms with Gasteiger partial charge in [0.2, 0.25) is 0 Å². The van der Waals surface area contributed by atoms with Gasteiger partial charge in [0.25, 0.3) is 10.1 Å². The van der Waals surface area contributed by atoms with Crippen LogP contribution in [-0.4, -0.2) is 31.0 Å². The van der Waals surface area contributed by atoms with E-state index in [9.17, 15) is 8.42 Å². The summed E-state index contributed by atoms with van der Waals surface area (Å²) in [5.41, 5.74) is 10.3. The van der Waals surface area contributed by atoms with Gasteiger partial charge in [-0.3, -0.25) is 4.55 Å². The molecule has 1 aromatic heterocycles. The second kappa shape index (κ2) is 8.58. The smallest absolute Gasteiger partial charge is 0.294 e. The van der Waals surface area contributed by atoms with E-state index in [1.807, 2.05) is 6.92 Å². The molecule has 0 amide bonds. The van der Waals surface area contributed by atoms with Crippen molar-refractivity contribution < 1.29 is 13.0 Å². The summed E-state index contributed by atoms with van der Waals surface area (Å²) < 4.78 is 30.2. The second-order valence-corrected chi connectivity index (χ2v) is 13.2. The van der Waals surface area contributed by atoms with Crippen LogP contribution in [0.25, 0.3) is 0 Å². The van der Waals surface area contributed by atoms with Crippen molar-refractivity contribution in [3.63, 3.8) is 0 Å². The zero-order valence-corrected chi connectivity index (χ0v) is 17.8. The fourth-order valence-corrected chi connectivity index (χ4v) is 2.68. The van der Waals surface area contributed by atoms with Crippen LogP contribution in [0, 0.1) is 18.4 Å². The normalized spacial score (nSPS) is 11.0. The third-order valence-corrected chi connectivity index (χ3v) is 4.77. The summed E-state index contributed by atoms with van der Waals surface area (Å²) in [4.78, 5) is 8.05. The average Bonchev–Trinajstić information content (AvgIpc) is 2.47. The van der Waals surface area contributed by atoms with Gasteiger partial charge in [-0.05, 0) is 35.0 Å². The second-order valence-electron chi connectivity index (χ2n) is 6.21. The molecule has 134 valence electrons. The molecule has 1 aromatic carbocycles. The van der Waals surface area contributed by atoms with Crippen molar-refractivity contribution in [1.82, 2.24) is 9.97 Å². The minimum atomic E-state index is -4.02. The van der Waals surface area contributed by atoms with Gasteiger partial charge in [0.1, 0.15) is 12.7 Å². The molecule has 0 bridgehead atoms. The monoisotopic (exact) mass is 441 g/mol. The van der Waals surface area contributed by atoms with Crippen LogP contribution in [0.15, 0.2) is 40.0 Å². The van der Waals surface area contributed by atoms with E-state index in [0.29, 0.717) is 16.1 Å². The number of nitrogens with zero attached hydrogens (tertiary/aromatic N) is 2. The Morgan fingerprint density at radius 3 is 2.24 bits per heavy atom. The fraction of sp³-hybridized carbons (Fsp3) is 0.250. The number of halogens is 1. The van der Waals surface area contributed by atoms with Crippen molar-refractivity contribution in [3.05, 3.63) is 46.3 Å². The Labute approximate surface area is 157 Å². The molecule has 9 heteroatoms. The van der Waals surface area contributed by atoms with Crippen molar-refractivity contribution in [2.24, 2.45) is 0 Å². The third kappa shape index (κ3) is 8.26. The van der Waals surface area contributed by atoms with E-state index >= 15 is 0 Å². The topological polar surface area (TPSA) is 106 Å². The van der Waals surface area contributed by atoms with E-state index in [2.05, 4.69) is 57.0 Å². The first-order chi connectivity index (χ1) is 11.4. The highest BCUT2D eigenvalue weighted by atomic mass is 79.9. The van der Waals surface area contributed by atoms with Gasteiger partial charge < -0.3 is 5.73 Å². The first-order valence-electron chi connectivity index (χ1n) is 7.24. The standard InChI is InChI=1S/C9H12BrN3Si.C7H8O3S/c1-14(2,3)5-4-7-9(11)12-6-8(10)13-7;1-6-2-4-7(5-3-6)11(8,9)10/h6H,1-3H3,(H2,11,12);2-5H,1H3,(H,8,9,10). The summed E-state index contributed by atoms with van der Waals surface area (Å²) in [6.07, 6.45) is 1.56. The Morgan fingerprint density at radius 2 is 1.76 bits per heavy atom. The van der Waals surface area contributed by atoms with Crippen molar-refractivity contribution in [3.8, 4) is 11.5 Å². The average molecular weight is 442 g/mol. The lowest BCUT2D eigenvalue weighted by Gasteiger charge is -2.03. The number of benzene rings is 1. The Morgan fingerprint density at radius 1 is 1.20 bits per heavy atom. The molecule has 2 rings (SSSR count). The molecule has 0 fully saturated rings. The van der Waals surface area contributed by atoms with E-state index in [1.54, 1.807) is 18.3 Å². The van der Waals surface area contributed by atoms with Crippen molar-refractivity contribution in [2.75, 3.05) is 5.73 Å². The minimum Gasteiger partial charge on any atom is -0.381 e. The molecule has 6 nitrogen and oxygen atoms in total. The Bertz CT molecular complexity index is 899. The van der Waals surface area contributed by atoms with E-state index < -0.39 is 18.2 Å². The van der Waals surface area contributed by atoms with Crippen LogP contribution in [0.5, 0.6) is 0 Å². The van der Waals surface area contributed by atoms with E-state index in [0.717, 1.165) is 5.56 Å². The molecule has 3 N–H and O–H groups in total. The van der Waals surface area contributed by atoms with E-state index in [4.69, 9.17) is 10.3 Å². The summed E-state index contributed by atoms with van der Waals surface area (Å²) in [5, 5.41) is 0. The summed E-state index contributed by atoms with van der Waals surface area (Å²) in [6, 6.07) is 5.99. The molecule has 2 aromatic rings. The molecular weight excluding hydrogens is 422 g/mol. The number of aryl methyl sites for hydroxylation is 1. The quantitative estimate of drug-likeness (QED) is 0.399. The van der Waals surface area contributed by atoms with Crippen LogP contribution in [0.2, 0.25) is 19.6 Å². The highest BCUT2D eigenvalue weighted by molar-refractivity contribution is 9.10. The predicted molar refractivity (Wildman–Crippen MR) is 105 cm³/mol. The van der Waals surface area contributed by atoms with Gasteiger partial charge in [0.15, 0.2) is 11.5 Å². The number of hydrogen-bond acceptors (Lipinski definition) is 5. The molecule has 0 saturated carbocycles. The van der Waals surface area contributed by atoms with Gasteiger partial charge in [-0.25, -0.2) is 9.97 Å². The van der Waals surface area contributed by atoms with E-state index in [-0.39, 0.29) is 4.90 Å². The lowest BCUT2D eigenvalue weighted by molar-refractivity contribution is 0.483. The molecule has 0 saturated heterocycles. The number of nitrogens with two attached hydrogens (primary N) is 1. The number of hydrogen-bond donors (Lipinski definition) is 2. The third-order valence-electron chi connectivity index (χ3n) is 2.65. The van der Waals surface area contributed by atoms with Gasteiger partial charge in [-0.1, -0.05) is 43.3 Å². The summed E-state index contributed by atoms with van der Waals surface area (Å²) in [5.74, 6) is 3.36. The van der Waals surface area contributed by atoms with Gasteiger partial charge in [0.05, 0.1) is 11.1 Å². The van der Waals surface area contributed by atoms with Crippen molar-refractivity contribution in [1.29, 1.82) is 0 Å². The minimum absolute atomic E-state index is 0.0666. The molecule has 0 atom stereocenters. The fourth-order valence-electron chi connectivity index (χ4n) is 1.43. The number of aromatic nitrogens is 2. The molecule has 1 heterocycles. The maximum atomic E-state index is 10.5. The number of anilines is 1. The van der Waals surface area contributed by atoms with Crippen molar-refractivity contribution >= 4 is 39.9 Å². The van der Waals surface area contributed by atoms with Gasteiger partial charge >= 0.3 is 0 Å². The first-order valence-corrected chi connectivity index (χ1v) is 13.0. The summed E-state index contributed by atoms with van der Waals surface area (Å²) in [6.45, 7) is 8.35. The molecule has 25 heavy (non-hydrogen) atoms. The van der Waals surface area contributed by atoms with Crippen LogP contribution in [0.1, 0.15) is 11.3 Å². The molecule has 0 aliphatic heterocycles. The van der Waals surface area contributed by atoms with Gasteiger partial charge in [0, 0.05) is 0 Å². The molecule has 0 spiro atoms. The number of nitrogen functional groups attached to an aromatic ring is 1. The van der Waals surface area contributed by atoms with Crippen LogP contribution in [0.4, 0.5) is 5.82 Å². The SMILES string of the molecule is C[Si](C)(C)C#Cc1nc(Br)cnc1N.Cc1ccc(S(=O)(=O)O)cc1. The van der Waals surface area contributed by atoms with Crippen LogP contribution in [0.3, 0.4) is 0 Å². The molecule has 0 aliphatic rings. The van der Waals surface area contributed by atoms with Gasteiger partial charge in [-0.15, -0.1) is 5.54 Å². The van der Waals surface area contributed by atoms with E-state index in [1.165, 1.54) is 12.1 Å². The van der Waals surface area contributed by atoms with Crippen molar-refractivity contribution in [2.45, 2.75) is 31.5 Å². The van der Waals surface area contributed by atoms with Crippen LogP contribution >= 0.6 is 15.9 Å². The maximum Gasteiger partial charge on any atom is 0.294 e. The molecular formula is C16H20BrN3O3SSi. The summed E-state index contributed by atoms with van der Waals surface area (Å²) in [7, 11) is -5.40. The lowest BCUT2D eigenvalue weighted by Crippen LogP contribution is -2.16. The zero-order chi connectivity index (χ0) is 19.3. The Kier molecular flexibility index (Phi) is 7.31. The number of rotatable bonds is 1. The zero-order valence-electron chi connectivity index (χ0n) is 14.4. The highest BCUT2D eigenvalue weighted by Crippen LogP contribution is 2.10. The predicted octanol–water partition coefficient (Wildman–Crippen LogP) is 3.29. The van der Waals surface area contributed by atoms with Gasteiger partial charge in [-0.2, -0.15) is 8.42 Å². The Balaban J connectivity index is 0.000000257. The molecule has 0 radical (unpaired) electrons. The maximum absolute atomic E-state index is 10.5. The summed E-state index contributed by atoms with van der Waals surface area (Å²) >= 11 is 3.23.